The van der Waals surface area contributed by atoms with Crippen molar-refractivity contribution in [2.75, 3.05) is 13.1 Å². The van der Waals surface area contributed by atoms with E-state index in [1.54, 1.807) is 6.07 Å². The van der Waals surface area contributed by atoms with E-state index in [0.29, 0.717) is 5.56 Å². The second-order valence-electron chi connectivity index (χ2n) is 7.77. The summed E-state index contributed by atoms with van der Waals surface area (Å²) < 4.78 is 17.2. The summed E-state index contributed by atoms with van der Waals surface area (Å²) in [4.78, 5) is 10.1. The maximum atomic E-state index is 12.5. The highest BCUT2D eigenvalue weighted by molar-refractivity contribution is 5.80. The number of rotatable bonds is 3. The van der Waals surface area contributed by atoms with Crippen LogP contribution in [0.2, 0.25) is 0 Å². The molecule has 9 heteroatoms. The number of fused-ring (bicyclic) bond motifs is 1. The first-order valence-corrected chi connectivity index (χ1v) is 10.8. The average molecular weight is 467 g/mol. The van der Waals surface area contributed by atoms with Crippen LogP contribution in [-0.2, 0) is 6.54 Å². The van der Waals surface area contributed by atoms with E-state index in [1.165, 1.54) is 29.3 Å². The van der Waals surface area contributed by atoms with Gasteiger partial charge in [-0.3, -0.25) is 0 Å². The maximum Gasteiger partial charge on any atom is 0.404 e. The van der Waals surface area contributed by atoms with Gasteiger partial charge in [0.25, 0.3) is 0 Å². The molecule has 0 aliphatic carbocycles. The molecule has 1 unspecified atom stereocenters. The molecule has 1 aliphatic heterocycles. The summed E-state index contributed by atoms with van der Waals surface area (Å²) in [7, 11) is 0. The maximum absolute atomic E-state index is 12.5. The Balaban J connectivity index is 0.000000158. The summed E-state index contributed by atoms with van der Waals surface area (Å²) >= 11 is 0. The SMILES string of the molecule is Cc1ccc(-c2ccc3nonc3c2)cc1.O=C(O)NCc1cccc(F)c1.OC1CCNC1. The Kier molecular flexibility index (Phi) is 9.07. The van der Waals surface area contributed by atoms with Crippen LogP contribution >= 0.6 is 0 Å². The Morgan fingerprint density at radius 2 is 1.82 bits per heavy atom. The molecule has 1 atom stereocenters. The summed E-state index contributed by atoms with van der Waals surface area (Å²) in [6, 6.07) is 20.1. The lowest BCUT2D eigenvalue weighted by molar-refractivity contribution is 0.193. The van der Waals surface area contributed by atoms with Crippen LogP contribution in [0.25, 0.3) is 22.2 Å². The zero-order valence-corrected chi connectivity index (χ0v) is 18.7. The van der Waals surface area contributed by atoms with Gasteiger partial charge in [0.1, 0.15) is 16.9 Å². The molecule has 178 valence electrons. The van der Waals surface area contributed by atoms with Gasteiger partial charge in [0.15, 0.2) is 0 Å². The van der Waals surface area contributed by atoms with Crippen LogP contribution in [0.4, 0.5) is 9.18 Å². The first kappa shape index (κ1) is 24.8. The molecule has 0 radical (unpaired) electrons. The predicted octanol–water partition coefficient (Wildman–Crippen LogP) is 4.13. The number of nitrogens with one attached hydrogen (secondary N) is 2. The van der Waals surface area contributed by atoms with E-state index in [0.717, 1.165) is 36.1 Å². The molecule has 4 aromatic rings. The first-order valence-electron chi connectivity index (χ1n) is 10.8. The zero-order chi connectivity index (χ0) is 24.3. The van der Waals surface area contributed by atoms with Gasteiger partial charge in [-0.2, -0.15) is 0 Å². The lowest BCUT2D eigenvalue weighted by Crippen LogP contribution is -2.19. The number of carbonyl (C=O) groups is 1. The van der Waals surface area contributed by atoms with Crippen LogP contribution in [-0.4, -0.2) is 45.8 Å². The van der Waals surface area contributed by atoms with Crippen LogP contribution in [0.3, 0.4) is 0 Å². The number of aliphatic hydroxyl groups is 1. The number of aryl methyl sites for hydroxylation is 1. The number of halogens is 1. The van der Waals surface area contributed by atoms with E-state index in [4.69, 9.17) is 10.2 Å². The minimum absolute atomic E-state index is 0.0648. The molecular formula is C25H27FN4O4. The van der Waals surface area contributed by atoms with Gasteiger partial charge in [-0.1, -0.05) is 48.0 Å². The largest absolute Gasteiger partial charge is 0.465 e. The van der Waals surface area contributed by atoms with E-state index < -0.39 is 6.09 Å². The number of aromatic nitrogens is 2. The zero-order valence-electron chi connectivity index (χ0n) is 18.7. The summed E-state index contributed by atoms with van der Waals surface area (Å²) in [5, 5.41) is 29.7. The fraction of sp³-hybridized carbons (Fsp3) is 0.240. The van der Waals surface area contributed by atoms with Gasteiger partial charge in [-0.15, -0.1) is 0 Å². The Bertz CT molecular complexity index is 1190. The molecule has 1 saturated heterocycles. The lowest BCUT2D eigenvalue weighted by atomic mass is 10.0. The Morgan fingerprint density at radius 1 is 1.09 bits per heavy atom. The van der Waals surface area contributed by atoms with Crippen molar-refractivity contribution < 1.29 is 24.0 Å². The number of benzene rings is 3. The van der Waals surface area contributed by atoms with Crippen LogP contribution < -0.4 is 10.6 Å². The van der Waals surface area contributed by atoms with E-state index in [1.807, 2.05) is 18.2 Å². The highest BCUT2D eigenvalue weighted by Gasteiger charge is 2.08. The van der Waals surface area contributed by atoms with Crippen molar-refractivity contribution in [1.29, 1.82) is 0 Å². The van der Waals surface area contributed by atoms with Crippen LogP contribution in [0.15, 0.2) is 71.4 Å². The number of carboxylic acid groups (broad SMARTS) is 1. The molecule has 0 saturated carbocycles. The molecule has 5 rings (SSSR count). The molecule has 2 heterocycles. The Morgan fingerprint density at radius 3 is 2.44 bits per heavy atom. The minimum atomic E-state index is -1.11. The van der Waals surface area contributed by atoms with Crippen molar-refractivity contribution in [3.8, 4) is 11.1 Å². The molecular weight excluding hydrogens is 439 g/mol. The Hall–Kier alpha value is -3.82. The third kappa shape index (κ3) is 7.95. The quantitative estimate of drug-likeness (QED) is 0.358. The third-order valence-electron chi connectivity index (χ3n) is 5.01. The summed E-state index contributed by atoms with van der Waals surface area (Å²) in [6.45, 7) is 3.99. The fourth-order valence-corrected chi connectivity index (χ4v) is 3.17. The van der Waals surface area contributed by atoms with Crippen molar-refractivity contribution >= 4 is 17.1 Å². The van der Waals surface area contributed by atoms with Crippen molar-refractivity contribution in [2.45, 2.75) is 26.0 Å². The number of aliphatic hydroxyl groups excluding tert-OH is 1. The molecule has 34 heavy (non-hydrogen) atoms. The van der Waals surface area contributed by atoms with Crippen LogP contribution in [0.5, 0.6) is 0 Å². The van der Waals surface area contributed by atoms with Gasteiger partial charge in [0.05, 0.1) is 6.10 Å². The molecule has 4 N–H and O–H groups in total. The van der Waals surface area contributed by atoms with Gasteiger partial charge >= 0.3 is 6.09 Å². The smallest absolute Gasteiger partial charge is 0.404 e. The van der Waals surface area contributed by atoms with E-state index in [9.17, 15) is 9.18 Å². The van der Waals surface area contributed by atoms with Gasteiger partial charge in [-0.25, -0.2) is 13.8 Å². The fourth-order valence-electron chi connectivity index (χ4n) is 3.17. The molecule has 3 aromatic carbocycles. The monoisotopic (exact) mass is 466 g/mol. The van der Waals surface area contributed by atoms with E-state index >= 15 is 0 Å². The lowest BCUT2D eigenvalue weighted by Gasteiger charge is -2.01. The van der Waals surface area contributed by atoms with Crippen LogP contribution in [0.1, 0.15) is 17.5 Å². The standard InChI is InChI=1S/C13H10N2O.C8H8FNO2.C4H9NO/c1-9-2-4-10(5-3-9)11-6-7-12-13(8-11)15-16-14-12;9-7-3-1-2-6(4-7)5-10-8(11)12;6-4-1-2-5-3-4/h2-8H,1H3;1-4,10H,5H2,(H,11,12);4-6H,1-3H2. The molecule has 0 spiro atoms. The van der Waals surface area contributed by atoms with E-state index in [2.05, 4.69) is 56.8 Å². The van der Waals surface area contributed by atoms with Crippen molar-refractivity contribution in [2.24, 2.45) is 0 Å². The number of β-amino-alcohol motifs (C(OH)–C–C–N with tert-alkyl or cyclic N) is 1. The van der Waals surface area contributed by atoms with Crippen LogP contribution in [0, 0.1) is 12.7 Å². The van der Waals surface area contributed by atoms with Crippen molar-refractivity contribution in [1.82, 2.24) is 20.9 Å². The second kappa shape index (κ2) is 12.4. The molecule has 1 fully saturated rings. The third-order valence-corrected chi connectivity index (χ3v) is 5.01. The number of nitrogens with zero attached hydrogens (tertiary/aromatic N) is 2. The summed E-state index contributed by atoms with van der Waals surface area (Å²) in [5.41, 5.74) is 5.75. The molecule has 1 aromatic heterocycles. The van der Waals surface area contributed by atoms with Crippen molar-refractivity contribution in [3.05, 3.63) is 83.7 Å². The van der Waals surface area contributed by atoms with Gasteiger partial charge in [-0.05, 0) is 71.2 Å². The van der Waals surface area contributed by atoms with Crippen molar-refractivity contribution in [3.63, 3.8) is 0 Å². The highest BCUT2D eigenvalue weighted by Crippen LogP contribution is 2.22. The number of hydrogen-bond donors (Lipinski definition) is 4. The van der Waals surface area contributed by atoms with Gasteiger partial charge in [0, 0.05) is 13.1 Å². The average Bonchev–Trinajstić information content (AvgIpc) is 3.50. The molecule has 1 amide bonds. The predicted molar refractivity (Wildman–Crippen MR) is 127 cm³/mol. The topological polar surface area (TPSA) is 121 Å². The second-order valence-corrected chi connectivity index (χ2v) is 7.77. The van der Waals surface area contributed by atoms with Gasteiger partial charge in [0.2, 0.25) is 0 Å². The first-order chi connectivity index (χ1) is 16.4. The molecule has 0 bridgehead atoms. The summed E-state index contributed by atoms with van der Waals surface area (Å²) in [5.74, 6) is -0.361. The van der Waals surface area contributed by atoms with E-state index in [-0.39, 0.29) is 18.5 Å². The Labute approximate surface area is 196 Å². The number of amides is 1. The number of hydrogen-bond acceptors (Lipinski definition) is 6. The minimum Gasteiger partial charge on any atom is -0.465 e. The molecule has 1 aliphatic rings. The normalized spacial score (nSPS) is 14.5. The van der Waals surface area contributed by atoms with Gasteiger partial charge < -0.3 is 20.8 Å². The summed E-state index contributed by atoms with van der Waals surface area (Å²) in [6.07, 6.45) is -0.246. The molecule has 8 nitrogen and oxygen atoms in total. The highest BCUT2D eigenvalue weighted by atomic mass is 19.1.